The fourth-order valence-electron chi connectivity index (χ4n) is 1.63. The predicted octanol–water partition coefficient (Wildman–Crippen LogP) is 3.83. The molecule has 0 unspecified atom stereocenters. The minimum atomic E-state index is -1.32. The number of carboxylic acid groups (broad SMARTS) is 1. The molecule has 1 N–H and O–H groups in total. The third-order valence-electron chi connectivity index (χ3n) is 2.62. The normalized spacial score (nSPS) is 10.4. The Labute approximate surface area is 124 Å². The van der Waals surface area contributed by atoms with Crippen LogP contribution in [0.4, 0.5) is 8.78 Å². The molecule has 2 aromatic rings. The van der Waals surface area contributed by atoms with Crippen LogP contribution in [0.25, 0.3) is 0 Å². The van der Waals surface area contributed by atoms with E-state index < -0.39 is 17.3 Å². The van der Waals surface area contributed by atoms with Gasteiger partial charge in [-0.2, -0.15) is 0 Å². The Morgan fingerprint density at radius 3 is 2.57 bits per heavy atom. The predicted molar refractivity (Wildman–Crippen MR) is 76.0 cm³/mol. The Morgan fingerprint density at radius 1 is 1.14 bits per heavy atom. The van der Waals surface area contributed by atoms with Crippen LogP contribution in [0.2, 0.25) is 0 Å². The molecule has 0 saturated heterocycles. The largest absolute Gasteiger partial charge is 0.493 e. The lowest BCUT2D eigenvalue weighted by Gasteiger charge is -2.07. The molecule has 2 aromatic carbocycles. The number of aromatic carboxylic acids is 1. The number of hydrogen-bond acceptors (Lipinski definition) is 3. The summed E-state index contributed by atoms with van der Waals surface area (Å²) < 4.78 is 32.1. The van der Waals surface area contributed by atoms with Crippen molar-refractivity contribution in [2.75, 3.05) is 12.4 Å². The summed E-state index contributed by atoms with van der Waals surface area (Å²) in [6.45, 7) is 0.255. The summed E-state index contributed by atoms with van der Waals surface area (Å²) in [7, 11) is 0. The molecule has 0 amide bonds. The Morgan fingerprint density at radius 2 is 1.90 bits per heavy atom. The second-order valence-corrected chi connectivity index (χ2v) is 5.21. The zero-order chi connectivity index (χ0) is 15.2. The molecule has 21 heavy (non-hydrogen) atoms. The van der Waals surface area contributed by atoms with E-state index in [1.807, 2.05) is 0 Å². The molecule has 0 fully saturated rings. The molecule has 0 atom stereocenters. The molecule has 0 radical (unpaired) electrons. The highest BCUT2D eigenvalue weighted by atomic mass is 32.2. The summed E-state index contributed by atoms with van der Waals surface area (Å²) in [6, 6.07) is 9.97. The second-order valence-electron chi connectivity index (χ2n) is 4.07. The van der Waals surface area contributed by atoms with Gasteiger partial charge in [-0.05, 0) is 24.3 Å². The van der Waals surface area contributed by atoms with Crippen molar-refractivity contribution in [3.8, 4) is 5.75 Å². The minimum Gasteiger partial charge on any atom is -0.493 e. The van der Waals surface area contributed by atoms with Gasteiger partial charge in [-0.1, -0.05) is 12.1 Å². The summed E-state index contributed by atoms with van der Waals surface area (Å²) in [5.41, 5.74) is -0.400. The Balaban J connectivity index is 1.85. The maximum atomic E-state index is 13.4. The summed E-state index contributed by atoms with van der Waals surface area (Å²) >= 11 is 1.29. The number of benzene rings is 2. The van der Waals surface area contributed by atoms with E-state index in [9.17, 15) is 13.6 Å². The van der Waals surface area contributed by atoms with Crippen LogP contribution in [0.1, 0.15) is 10.4 Å². The molecule has 0 aliphatic carbocycles. The third kappa shape index (κ3) is 4.19. The van der Waals surface area contributed by atoms with Crippen molar-refractivity contribution in [2.24, 2.45) is 0 Å². The van der Waals surface area contributed by atoms with Gasteiger partial charge in [-0.25, -0.2) is 13.6 Å². The van der Waals surface area contributed by atoms with E-state index in [-0.39, 0.29) is 18.2 Å². The van der Waals surface area contributed by atoms with Crippen LogP contribution in [0, 0.1) is 11.6 Å². The summed E-state index contributed by atoms with van der Waals surface area (Å²) in [5, 5.41) is 8.70. The number of thioether (sulfide) groups is 1. The maximum Gasteiger partial charge on any atom is 0.338 e. The molecule has 0 aliphatic heterocycles. The van der Waals surface area contributed by atoms with Crippen molar-refractivity contribution in [3.05, 3.63) is 59.7 Å². The van der Waals surface area contributed by atoms with Gasteiger partial charge in [0.15, 0.2) is 0 Å². The highest BCUT2D eigenvalue weighted by molar-refractivity contribution is 7.99. The van der Waals surface area contributed by atoms with Crippen LogP contribution in [0.15, 0.2) is 47.4 Å². The van der Waals surface area contributed by atoms with Gasteiger partial charge in [-0.3, -0.25) is 0 Å². The SMILES string of the molecule is O=C(O)c1ccc(OCCSc2ccccc2F)cc1F. The molecule has 0 saturated carbocycles. The van der Waals surface area contributed by atoms with Crippen LogP contribution in [0.5, 0.6) is 5.75 Å². The van der Waals surface area contributed by atoms with E-state index in [4.69, 9.17) is 9.84 Å². The molecular formula is C15H12F2O3S. The second kappa shape index (κ2) is 7.08. The van der Waals surface area contributed by atoms with Gasteiger partial charge in [0.2, 0.25) is 0 Å². The Kier molecular flexibility index (Phi) is 5.16. The van der Waals surface area contributed by atoms with E-state index in [2.05, 4.69) is 0 Å². The summed E-state index contributed by atoms with van der Waals surface area (Å²) in [5.74, 6) is -1.73. The van der Waals surface area contributed by atoms with E-state index in [1.165, 1.54) is 23.9 Å². The van der Waals surface area contributed by atoms with Crippen LogP contribution in [-0.2, 0) is 0 Å². The van der Waals surface area contributed by atoms with Gasteiger partial charge in [0, 0.05) is 16.7 Å². The van der Waals surface area contributed by atoms with E-state index in [0.29, 0.717) is 10.6 Å². The fourth-order valence-corrected chi connectivity index (χ4v) is 2.40. The van der Waals surface area contributed by atoms with Gasteiger partial charge in [0.25, 0.3) is 0 Å². The number of carbonyl (C=O) groups is 1. The third-order valence-corrected chi connectivity index (χ3v) is 3.63. The molecule has 0 aliphatic rings. The van der Waals surface area contributed by atoms with E-state index in [1.54, 1.807) is 18.2 Å². The first-order valence-corrected chi connectivity index (χ1v) is 7.09. The highest BCUT2D eigenvalue weighted by Gasteiger charge is 2.10. The topological polar surface area (TPSA) is 46.5 Å². The highest BCUT2D eigenvalue weighted by Crippen LogP contribution is 2.22. The molecule has 6 heteroatoms. The number of hydrogen-bond donors (Lipinski definition) is 1. The van der Waals surface area contributed by atoms with Gasteiger partial charge >= 0.3 is 5.97 Å². The number of halogens is 2. The Bertz CT molecular complexity index is 647. The molecule has 0 aromatic heterocycles. The minimum absolute atomic E-state index is 0.242. The monoisotopic (exact) mass is 310 g/mol. The summed E-state index contributed by atoms with van der Waals surface area (Å²) in [6.07, 6.45) is 0. The molecule has 0 bridgehead atoms. The van der Waals surface area contributed by atoms with Crippen molar-refractivity contribution in [1.82, 2.24) is 0 Å². The number of rotatable bonds is 6. The molecular weight excluding hydrogens is 298 g/mol. The quantitative estimate of drug-likeness (QED) is 0.650. The fraction of sp³-hybridized carbons (Fsp3) is 0.133. The standard InChI is InChI=1S/C15H12F2O3S/c16-12-3-1-2-4-14(12)21-8-7-20-10-5-6-11(15(18)19)13(17)9-10/h1-6,9H,7-8H2,(H,18,19). The van der Waals surface area contributed by atoms with Crippen molar-refractivity contribution in [1.29, 1.82) is 0 Å². The first-order valence-electron chi connectivity index (χ1n) is 6.11. The van der Waals surface area contributed by atoms with E-state index in [0.717, 1.165) is 12.1 Å². The zero-order valence-electron chi connectivity index (χ0n) is 10.9. The molecule has 0 heterocycles. The lowest BCUT2D eigenvalue weighted by atomic mass is 10.2. The van der Waals surface area contributed by atoms with Crippen LogP contribution < -0.4 is 4.74 Å². The van der Waals surface area contributed by atoms with Gasteiger partial charge in [-0.15, -0.1) is 11.8 Å². The zero-order valence-corrected chi connectivity index (χ0v) is 11.7. The average molecular weight is 310 g/mol. The van der Waals surface area contributed by atoms with Crippen LogP contribution in [-0.4, -0.2) is 23.4 Å². The van der Waals surface area contributed by atoms with Crippen molar-refractivity contribution >= 4 is 17.7 Å². The maximum absolute atomic E-state index is 13.4. The van der Waals surface area contributed by atoms with Gasteiger partial charge in [0.1, 0.15) is 17.4 Å². The van der Waals surface area contributed by atoms with Gasteiger partial charge in [0.05, 0.1) is 12.2 Å². The van der Waals surface area contributed by atoms with E-state index >= 15 is 0 Å². The molecule has 0 spiro atoms. The lowest BCUT2D eigenvalue weighted by molar-refractivity contribution is 0.0692. The molecule has 110 valence electrons. The lowest BCUT2D eigenvalue weighted by Crippen LogP contribution is -2.03. The smallest absolute Gasteiger partial charge is 0.338 e. The number of carboxylic acids is 1. The van der Waals surface area contributed by atoms with Crippen molar-refractivity contribution in [2.45, 2.75) is 4.90 Å². The first-order chi connectivity index (χ1) is 10.1. The van der Waals surface area contributed by atoms with Gasteiger partial charge < -0.3 is 9.84 Å². The molecule has 3 nitrogen and oxygen atoms in total. The Hall–Kier alpha value is -2.08. The molecule has 2 rings (SSSR count). The first kappa shape index (κ1) is 15.3. The van der Waals surface area contributed by atoms with Crippen LogP contribution >= 0.6 is 11.8 Å². The van der Waals surface area contributed by atoms with Crippen molar-refractivity contribution < 1.29 is 23.4 Å². The van der Waals surface area contributed by atoms with Crippen molar-refractivity contribution in [3.63, 3.8) is 0 Å². The average Bonchev–Trinajstić information content (AvgIpc) is 2.45. The summed E-state index contributed by atoms with van der Waals surface area (Å²) in [4.78, 5) is 11.2. The number of ether oxygens (including phenoxy) is 1. The van der Waals surface area contributed by atoms with Crippen LogP contribution in [0.3, 0.4) is 0 Å².